The third-order valence-corrected chi connectivity index (χ3v) is 5.47. The molecule has 0 aromatic heterocycles. The van der Waals surface area contributed by atoms with E-state index in [4.69, 9.17) is 18.9 Å². The fraction of sp³-hybridized carbons (Fsp3) is 0.321. The Labute approximate surface area is 201 Å². The van der Waals surface area contributed by atoms with E-state index in [-0.39, 0.29) is 18.8 Å². The summed E-state index contributed by atoms with van der Waals surface area (Å²) >= 11 is 0. The molecule has 0 aliphatic carbocycles. The standard InChI is InChI=1S/C28H33NO5/c1-4-8-24(29-28(30)34-19-21-9-6-5-7-10-21)20-33-27(22-11-15-25(31-2)16-12-22)23-13-17-26(32-3)18-14-23/h5-7,9-18,24,27H,4,8,19-20H2,1-3H3,(H,29,30). The van der Waals surface area contributed by atoms with Crippen molar-refractivity contribution in [2.75, 3.05) is 20.8 Å². The molecule has 6 heteroatoms. The number of carbonyl (C=O) groups is 1. The summed E-state index contributed by atoms with van der Waals surface area (Å²) in [5.74, 6) is 1.56. The molecular formula is C28H33NO5. The second-order valence-corrected chi connectivity index (χ2v) is 7.95. The van der Waals surface area contributed by atoms with Gasteiger partial charge in [0.1, 0.15) is 24.2 Å². The van der Waals surface area contributed by atoms with Crippen LogP contribution in [0.15, 0.2) is 78.9 Å². The van der Waals surface area contributed by atoms with Crippen molar-refractivity contribution >= 4 is 6.09 Å². The van der Waals surface area contributed by atoms with Crippen LogP contribution in [0, 0.1) is 0 Å². The number of nitrogens with one attached hydrogen (secondary N) is 1. The normalized spacial score (nSPS) is 11.6. The maximum Gasteiger partial charge on any atom is 0.407 e. The first kappa shape index (κ1) is 25.1. The minimum absolute atomic E-state index is 0.174. The summed E-state index contributed by atoms with van der Waals surface area (Å²) in [4.78, 5) is 12.4. The maximum absolute atomic E-state index is 12.4. The first-order valence-corrected chi connectivity index (χ1v) is 11.5. The molecule has 1 N–H and O–H groups in total. The minimum atomic E-state index is -0.448. The van der Waals surface area contributed by atoms with Crippen molar-refractivity contribution in [2.45, 2.75) is 38.5 Å². The van der Waals surface area contributed by atoms with Crippen LogP contribution in [0.1, 0.15) is 42.6 Å². The third kappa shape index (κ3) is 7.52. The summed E-state index contributed by atoms with van der Waals surface area (Å²) in [6, 6.07) is 25.1. The lowest BCUT2D eigenvalue weighted by molar-refractivity contribution is 0.0566. The van der Waals surface area contributed by atoms with Crippen molar-refractivity contribution < 1.29 is 23.7 Å². The van der Waals surface area contributed by atoms with E-state index in [1.54, 1.807) is 14.2 Å². The predicted molar refractivity (Wildman–Crippen MR) is 132 cm³/mol. The van der Waals surface area contributed by atoms with Crippen molar-refractivity contribution in [1.82, 2.24) is 5.32 Å². The van der Waals surface area contributed by atoms with Crippen molar-refractivity contribution in [3.63, 3.8) is 0 Å². The summed E-state index contributed by atoms with van der Waals surface area (Å²) < 4.78 is 22.4. The average molecular weight is 464 g/mol. The van der Waals surface area contributed by atoms with E-state index < -0.39 is 6.09 Å². The van der Waals surface area contributed by atoms with Gasteiger partial charge in [0.05, 0.1) is 26.9 Å². The van der Waals surface area contributed by atoms with Gasteiger partial charge in [0, 0.05) is 0 Å². The maximum atomic E-state index is 12.4. The van der Waals surface area contributed by atoms with E-state index in [9.17, 15) is 4.79 Å². The van der Waals surface area contributed by atoms with Gasteiger partial charge in [-0.05, 0) is 47.4 Å². The number of benzene rings is 3. The molecule has 6 nitrogen and oxygen atoms in total. The predicted octanol–water partition coefficient (Wildman–Crippen LogP) is 5.90. The Balaban J connectivity index is 1.67. The van der Waals surface area contributed by atoms with Crippen LogP contribution in [0.25, 0.3) is 0 Å². The Morgan fingerprint density at radius 3 is 1.88 bits per heavy atom. The lowest BCUT2D eigenvalue weighted by Gasteiger charge is -2.24. The van der Waals surface area contributed by atoms with E-state index in [2.05, 4.69) is 12.2 Å². The smallest absolute Gasteiger partial charge is 0.407 e. The van der Waals surface area contributed by atoms with Gasteiger partial charge >= 0.3 is 6.09 Å². The summed E-state index contributed by atoms with van der Waals surface area (Å²) in [7, 11) is 3.29. The zero-order valence-electron chi connectivity index (χ0n) is 20.0. The molecule has 1 amide bonds. The molecule has 0 spiro atoms. The van der Waals surface area contributed by atoms with Gasteiger partial charge in [-0.15, -0.1) is 0 Å². The molecule has 180 valence electrons. The molecule has 3 rings (SSSR count). The number of carbonyl (C=O) groups excluding carboxylic acids is 1. The lowest BCUT2D eigenvalue weighted by Crippen LogP contribution is -2.38. The molecule has 0 heterocycles. The Morgan fingerprint density at radius 2 is 1.38 bits per heavy atom. The Hall–Kier alpha value is -3.51. The van der Waals surface area contributed by atoms with E-state index in [0.29, 0.717) is 6.61 Å². The Bertz CT molecular complexity index is 942. The topological polar surface area (TPSA) is 66.0 Å². The van der Waals surface area contributed by atoms with Crippen molar-refractivity contribution in [2.24, 2.45) is 0 Å². The summed E-state index contributed by atoms with van der Waals surface area (Å²) in [5, 5.41) is 2.96. The van der Waals surface area contributed by atoms with Gasteiger partial charge in [-0.2, -0.15) is 0 Å². The largest absolute Gasteiger partial charge is 0.497 e. The van der Waals surface area contributed by atoms with Crippen LogP contribution in [-0.4, -0.2) is 33.0 Å². The number of rotatable bonds is 12. The highest BCUT2D eigenvalue weighted by Crippen LogP contribution is 2.29. The highest BCUT2D eigenvalue weighted by molar-refractivity contribution is 5.67. The van der Waals surface area contributed by atoms with E-state index in [1.165, 1.54) is 0 Å². The van der Waals surface area contributed by atoms with Gasteiger partial charge in [0.15, 0.2) is 0 Å². The first-order valence-electron chi connectivity index (χ1n) is 11.5. The van der Waals surface area contributed by atoms with E-state index in [1.807, 2.05) is 78.9 Å². The van der Waals surface area contributed by atoms with Gasteiger partial charge < -0.3 is 24.3 Å². The second-order valence-electron chi connectivity index (χ2n) is 7.95. The third-order valence-electron chi connectivity index (χ3n) is 5.47. The van der Waals surface area contributed by atoms with Gasteiger partial charge in [0.25, 0.3) is 0 Å². The molecule has 0 bridgehead atoms. The highest BCUT2D eigenvalue weighted by atomic mass is 16.5. The number of amides is 1. The SMILES string of the molecule is CCCC(COC(c1ccc(OC)cc1)c1ccc(OC)cc1)NC(=O)OCc1ccccc1. The van der Waals surface area contributed by atoms with Crippen LogP contribution in [0.2, 0.25) is 0 Å². The molecule has 0 fully saturated rings. The molecule has 3 aromatic rings. The number of alkyl carbamates (subject to hydrolysis) is 1. The average Bonchev–Trinajstić information content (AvgIpc) is 2.89. The van der Waals surface area contributed by atoms with Gasteiger partial charge in [-0.3, -0.25) is 0 Å². The van der Waals surface area contributed by atoms with Crippen LogP contribution in [0.5, 0.6) is 11.5 Å². The molecule has 1 atom stereocenters. The van der Waals surface area contributed by atoms with Gasteiger partial charge in [0.2, 0.25) is 0 Å². The summed E-state index contributed by atoms with van der Waals surface area (Å²) in [5.41, 5.74) is 2.93. The Morgan fingerprint density at radius 1 is 0.824 bits per heavy atom. The van der Waals surface area contributed by atoms with Crippen molar-refractivity contribution in [3.8, 4) is 11.5 Å². The fourth-order valence-electron chi connectivity index (χ4n) is 3.63. The lowest BCUT2D eigenvalue weighted by atomic mass is 10.0. The van der Waals surface area contributed by atoms with Crippen LogP contribution in [0.4, 0.5) is 4.79 Å². The molecule has 1 unspecified atom stereocenters. The van der Waals surface area contributed by atoms with Gasteiger partial charge in [-0.25, -0.2) is 4.79 Å². The number of ether oxygens (including phenoxy) is 4. The minimum Gasteiger partial charge on any atom is -0.497 e. The number of methoxy groups -OCH3 is 2. The quantitative estimate of drug-likeness (QED) is 0.362. The Kier molecular flexibility index (Phi) is 9.80. The number of hydrogen-bond donors (Lipinski definition) is 1. The fourth-order valence-corrected chi connectivity index (χ4v) is 3.63. The molecule has 0 saturated carbocycles. The van der Waals surface area contributed by atoms with Crippen LogP contribution in [-0.2, 0) is 16.1 Å². The van der Waals surface area contributed by atoms with E-state index >= 15 is 0 Å². The molecule has 34 heavy (non-hydrogen) atoms. The van der Waals surface area contributed by atoms with Gasteiger partial charge in [-0.1, -0.05) is 67.9 Å². The highest BCUT2D eigenvalue weighted by Gasteiger charge is 2.20. The van der Waals surface area contributed by atoms with Crippen LogP contribution >= 0.6 is 0 Å². The second kappa shape index (κ2) is 13.3. The van der Waals surface area contributed by atoms with Crippen molar-refractivity contribution in [1.29, 1.82) is 0 Å². The monoisotopic (exact) mass is 463 g/mol. The molecule has 0 radical (unpaired) electrons. The zero-order chi connectivity index (χ0) is 24.2. The molecule has 0 saturated heterocycles. The first-order chi connectivity index (χ1) is 16.6. The van der Waals surface area contributed by atoms with Crippen LogP contribution in [0.3, 0.4) is 0 Å². The molecular weight excluding hydrogens is 430 g/mol. The molecule has 0 aliphatic rings. The summed E-state index contributed by atoms with van der Waals surface area (Å²) in [6.45, 7) is 2.65. The molecule has 0 aliphatic heterocycles. The molecule has 3 aromatic carbocycles. The number of hydrogen-bond acceptors (Lipinski definition) is 5. The van der Waals surface area contributed by atoms with Crippen molar-refractivity contribution in [3.05, 3.63) is 95.6 Å². The van der Waals surface area contributed by atoms with Crippen LogP contribution < -0.4 is 14.8 Å². The zero-order valence-corrected chi connectivity index (χ0v) is 20.0. The van der Waals surface area contributed by atoms with E-state index in [0.717, 1.165) is 41.0 Å². The summed E-state index contributed by atoms with van der Waals surface area (Å²) in [6.07, 6.45) is 0.927.